The standard InChI is InChI=1S/C10H14Br2N2/c1-8(5-11)14(2)7-10-4-3-9(12)6-13-10/h3-4,6,8H,5,7H2,1-2H3. The van der Waals surface area contributed by atoms with Crippen LogP contribution in [-0.4, -0.2) is 28.3 Å². The predicted molar refractivity (Wildman–Crippen MR) is 66.7 cm³/mol. The Morgan fingerprint density at radius 2 is 2.21 bits per heavy atom. The van der Waals surface area contributed by atoms with E-state index in [-0.39, 0.29) is 0 Å². The van der Waals surface area contributed by atoms with Crippen molar-refractivity contribution in [2.45, 2.75) is 19.5 Å². The third-order valence-electron chi connectivity index (χ3n) is 2.18. The molecule has 0 saturated heterocycles. The first kappa shape index (κ1) is 12.1. The van der Waals surface area contributed by atoms with Crippen molar-refractivity contribution < 1.29 is 0 Å². The molecule has 0 aliphatic heterocycles. The summed E-state index contributed by atoms with van der Waals surface area (Å²) in [5.74, 6) is 0. The highest BCUT2D eigenvalue weighted by molar-refractivity contribution is 9.10. The summed E-state index contributed by atoms with van der Waals surface area (Å²) in [6.07, 6.45) is 1.84. The largest absolute Gasteiger partial charge is 0.297 e. The lowest BCUT2D eigenvalue weighted by Gasteiger charge is -2.22. The summed E-state index contributed by atoms with van der Waals surface area (Å²) in [4.78, 5) is 6.60. The summed E-state index contributed by atoms with van der Waals surface area (Å²) in [6.45, 7) is 3.08. The fourth-order valence-electron chi connectivity index (χ4n) is 1.03. The van der Waals surface area contributed by atoms with Crippen molar-refractivity contribution in [2.24, 2.45) is 0 Å². The molecule has 0 aliphatic rings. The maximum absolute atomic E-state index is 4.33. The molecule has 78 valence electrons. The van der Waals surface area contributed by atoms with Crippen LogP contribution in [0.1, 0.15) is 12.6 Å². The SMILES string of the molecule is CC(CBr)N(C)Cc1ccc(Br)cn1. The van der Waals surface area contributed by atoms with Gasteiger partial charge in [0.15, 0.2) is 0 Å². The first-order valence-electron chi connectivity index (χ1n) is 4.50. The molecule has 1 unspecified atom stereocenters. The zero-order valence-corrected chi connectivity index (χ0v) is 11.5. The van der Waals surface area contributed by atoms with Crippen molar-refractivity contribution in [2.75, 3.05) is 12.4 Å². The average molecular weight is 322 g/mol. The number of hydrogen-bond acceptors (Lipinski definition) is 2. The Balaban J connectivity index is 2.56. The van der Waals surface area contributed by atoms with Crippen molar-refractivity contribution in [3.8, 4) is 0 Å². The van der Waals surface area contributed by atoms with Crippen molar-refractivity contribution in [1.29, 1.82) is 0 Å². The fraction of sp³-hybridized carbons (Fsp3) is 0.500. The molecule has 0 N–H and O–H groups in total. The molecular formula is C10H14Br2N2. The van der Waals surface area contributed by atoms with Crippen molar-refractivity contribution >= 4 is 31.9 Å². The van der Waals surface area contributed by atoms with Crippen LogP contribution < -0.4 is 0 Å². The average Bonchev–Trinajstić information content (AvgIpc) is 2.20. The summed E-state index contributed by atoms with van der Waals surface area (Å²) < 4.78 is 1.03. The summed E-state index contributed by atoms with van der Waals surface area (Å²) in [6, 6.07) is 4.59. The Morgan fingerprint density at radius 3 is 2.71 bits per heavy atom. The van der Waals surface area contributed by atoms with Crippen LogP contribution in [0.15, 0.2) is 22.8 Å². The van der Waals surface area contributed by atoms with Gasteiger partial charge in [-0.25, -0.2) is 0 Å². The number of rotatable bonds is 4. The van der Waals surface area contributed by atoms with Gasteiger partial charge in [-0.3, -0.25) is 9.88 Å². The third kappa shape index (κ3) is 3.67. The van der Waals surface area contributed by atoms with Gasteiger partial charge in [-0.15, -0.1) is 0 Å². The number of hydrogen-bond donors (Lipinski definition) is 0. The van der Waals surface area contributed by atoms with Crippen molar-refractivity contribution in [3.63, 3.8) is 0 Å². The van der Waals surface area contributed by atoms with Crippen LogP contribution in [0.2, 0.25) is 0 Å². The van der Waals surface area contributed by atoms with Gasteiger partial charge in [0, 0.05) is 28.6 Å². The maximum atomic E-state index is 4.33. The lowest BCUT2D eigenvalue weighted by atomic mass is 10.3. The molecule has 4 heteroatoms. The normalized spacial score (nSPS) is 13.2. The molecular weight excluding hydrogens is 308 g/mol. The number of alkyl halides is 1. The minimum atomic E-state index is 0.528. The number of aromatic nitrogens is 1. The van der Waals surface area contributed by atoms with Gasteiger partial charge in [0.25, 0.3) is 0 Å². The second-order valence-electron chi connectivity index (χ2n) is 3.39. The predicted octanol–water partition coefficient (Wildman–Crippen LogP) is 3.06. The first-order chi connectivity index (χ1) is 6.63. The number of nitrogens with zero attached hydrogens (tertiary/aromatic N) is 2. The van der Waals surface area contributed by atoms with Crippen LogP contribution >= 0.6 is 31.9 Å². The van der Waals surface area contributed by atoms with Crippen LogP contribution in [0.3, 0.4) is 0 Å². The molecule has 1 aromatic rings. The second kappa shape index (κ2) is 5.83. The van der Waals surface area contributed by atoms with Gasteiger partial charge in [-0.1, -0.05) is 15.9 Å². The zero-order chi connectivity index (χ0) is 10.6. The maximum Gasteiger partial charge on any atom is 0.0544 e. The van der Waals surface area contributed by atoms with Crippen LogP contribution in [0.25, 0.3) is 0 Å². The van der Waals surface area contributed by atoms with E-state index < -0.39 is 0 Å². The Kier molecular flexibility index (Phi) is 5.06. The lowest BCUT2D eigenvalue weighted by molar-refractivity contribution is 0.267. The van der Waals surface area contributed by atoms with Gasteiger partial charge in [0.2, 0.25) is 0 Å². The molecule has 0 bridgehead atoms. The minimum absolute atomic E-state index is 0.528. The highest BCUT2D eigenvalue weighted by Crippen LogP contribution is 2.10. The van der Waals surface area contributed by atoms with E-state index in [4.69, 9.17) is 0 Å². The highest BCUT2D eigenvalue weighted by Gasteiger charge is 2.08. The van der Waals surface area contributed by atoms with E-state index in [2.05, 4.69) is 55.7 Å². The fourth-order valence-corrected chi connectivity index (χ4v) is 1.76. The number of pyridine rings is 1. The summed E-state index contributed by atoms with van der Waals surface area (Å²) in [7, 11) is 2.11. The Labute approximate surface area is 102 Å². The molecule has 1 aromatic heterocycles. The zero-order valence-electron chi connectivity index (χ0n) is 8.37. The molecule has 0 spiro atoms. The van der Waals surface area contributed by atoms with Gasteiger partial charge >= 0.3 is 0 Å². The van der Waals surface area contributed by atoms with Gasteiger partial charge in [-0.05, 0) is 42.0 Å². The van der Waals surface area contributed by atoms with E-state index in [0.717, 1.165) is 22.0 Å². The van der Waals surface area contributed by atoms with E-state index >= 15 is 0 Å². The third-order valence-corrected chi connectivity index (χ3v) is 3.58. The van der Waals surface area contributed by atoms with Crippen molar-refractivity contribution in [1.82, 2.24) is 9.88 Å². The summed E-state index contributed by atoms with van der Waals surface area (Å²) in [5, 5.41) is 0.986. The molecule has 1 heterocycles. The molecule has 0 radical (unpaired) electrons. The van der Waals surface area contributed by atoms with Gasteiger partial charge < -0.3 is 0 Å². The van der Waals surface area contributed by atoms with E-state index in [1.54, 1.807) is 0 Å². The smallest absolute Gasteiger partial charge is 0.0544 e. The van der Waals surface area contributed by atoms with Gasteiger partial charge in [0.1, 0.15) is 0 Å². The molecule has 0 fully saturated rings. The molecule has 0 aromatic carbocycles. The van der Waals surface area contributed by atoms with Crippen LogP contribution in [-0.2, 0) is 6.54 Å². The Bertz CT molecular complexity index is 274. The van der Waals surface area contributed by atoms with E-state index in [9.17, 15) is 0 Å². The van der Waals surface area contributed by atoms with Crippen LogP contribution in [0, 0.1) is 0 Å². The first-order valence-corrected chi connectivity index (χ1v) is 6.41. The molecule has 14 heavy (non-hydrogen) atoms. The van der Waals surface area contributed by atoms with Crippen LogP contribution in [0.5, 0.6) is 0 Å². The molecule has 1 rings (SSSR count). The minimum Gasteiger partial charge on any atom is -0.297 e. The molecule has 0 aliphatic carbocycles. The summed E-state index contributed by atoms with van der Waals surface area (Å²) >= 11 is 6.84. The monoisotopic (exact) mass is 320 g/mol. The second-order valence-corrected chi connectivity index (χ2v) is 4.95. The quantitative estimate of drug-likeness (QED) is 0.792. The van der Waals surface area contributed by atoms with Crippen LogP contribution in [0.4, 0.5) is 0 Å². The highest BCUT2D eigenvalue weighted by atomic mass is 79.9. The van der Waals surface area contributed by atoms with E-state index in [1.807, 2.05) is 18.3 Å². The van der Waals surface area contributed by atoms with Crippen molar-refractivity contribution in [3.05, 3.63) is 28.5 Å². The van der Waals surface area contributed by atoms with Gasteiger partial charge in [-0.2, -0.15) is 0 Å². The van der Waals surface area contributed by atoms with Gasteiger partial charge in [0.05, 0.1) is 5.69 Å². The molecule has 0 saturated carbocycles. The molecule has 0 amide bonds. The Hall–Kier alpha value is 0.0700. The number of halogens is 2. The Morgan fingerprint density at radius 1 is 1.50 bits per heavy atom. The molecule has 2 nitrogen and oxygen atoms in total. The lowest BCUT2D eigenvalue weighted by Crippen LogP contribution is -2.29. The van der Waals surface area contributed by atoms with E-state index in [0.29, 0.717) is 6.04 Å². The summed E-state index contributed by atoms with van der Waals surface area (Å²) in [5.41, 5.74) is 1.10. The topological polar surface area (TPSA) is 16.1 Å². The molecule has 1 atom stereocenters. The van der Waals surface area contributed by atoms with E-state index in [1.165, 1.54) is 0 Å².